The van der Waals surface area contributed by atoms with Gasteiger partial charge in [0.05, 0.1) is 14.2 Å². The van der Waals surface area contributed by atoms with Crippen molar-refractivity contribution in [3.05, 3.63) is 23.8 Å². The van der Waals surface area contributed by atoms with E-state index in [-0.39, 0.29) is 5.92 Å². The molecule has 16 heavy (non-hydrogen) atoms. The highest BCUT2D eigenvalue weighted by atomic mass is 16.5. The Morgan fingerprint density at radius 3 is 2.56 bits per heavy atom. The van der Waals surface area contributed by atoms with Crippen molar-refractivity contribution >= 4 is 6.41 Å². The number of amides is 1. The van der Waals surface area contributed by atoms with Gasteiger partial charge < -0.3 is 14.8 Å². The summed E-state index contributed by atoms with van der Waals surface area (Å²) in [7, 11) is 3.21. The molecule has 0 aliphatic carbocycles. The molecule has 1 rings (SSSR count). The molecule has 4 nitrogen and oxygen atoms in total. The lowest BCUT2D eigenvalue weighted by Gasteiger charge is -2.14. The van der Waals surface area contributed by atoms with E-state index < -0.39 is 0 Å². The maximum Gasteiger partial charge on any atom is 0.207 e. The van der Waals surface area contributed by atoms with Gasteiger partial charge in [-0.25, -0.2) is 0 Å². The molecule has 4 heteroatoms. The number of ether oxygens (including phenoxy) is 2. The van der Waals surface area contributed by atoms with E-state index in [9.17, 15) is 4.79 Å². The molecule has 1 aromatic carbocycles. The number of carbonyl (C=O) groups is 1. The van der Waals surface area contributed by atoms with Crippen molar-refractivity contribution in [2.45, 2.75) is 12.8 Å². The Balaban J connectivity index is 2.85. The summed E-state index contributed by atoms with van der Waals surface area (Å²) in [6, 6.07) is 5.76. The molecular weight excluding hydrogens is 206 g/mol. The first-order valence-electron chi connectivity index (χ1n) is 5.11. The van der Waals surface area contributed by atoms with E-state index >= 15 is 0 Å². The fraction of sp³-hybridized carbons (Fsp3) is 0.417. The van der Waals surface area contributed by atoms with Crippen LogP contribution in [-0.2, 0) is 4.79 Å². The standard InChI is InChI=1S/C12H17NO3/c1-9(7-13-8-14)10-4-5-11(15-2)12(6-10)16-3/h4-6,8-9H,7H2,1-3H3,(H,13,14)/t9-/m1/s1. The number of nitrogens with one attached hydrogen (secondary N) is 1. The summed E-state index contributed by atoms with van der Waals surface area (Å²) >= 11 is 0. The topological polar surface area (TPSA) is 47.6 Å². The van der Waals surface area contributed by atoms with E-state index in [1.807, 2.05) is 25.1 Å². The van der Waals surface area contributed by atoms with Crippen molar-refractivity contribution < 1.29 is 14.3 Å². The summed E-state index contributed by atoms with van der Waals surface area (Å²) in [6.45, 7) is 2.65. The largest absolute Gasteiger partial charge is 0.493 e. The van der Waals surface area contributed by atoms with Gasteiger partial charge in [-0.15, -0.1) is 0 Å². The molecule has 0 heterocycles. The highest BCUT2D eigenvalue weighted by Gasteiger charge is 2.09. The van der Waals surface area contributed by atoms with Crippen LogP contribution >= 0.6 is 0 Å². The van der Waals surface area contributed by atoms with Crippen molar-refractivity contribution in [1.82, 2.24) is 5.32 Å². The van der Waals surface area contributed by atoms with E-state index in [0.29, 0.717) is 24.5 Å². The molecule has 1 atom stereocenters. The first-order valence-corrected chi connectivity index (χ1v) is 5.11. The summed E-state index contributed by atoms with van der Waals surface area (Å²) in [6.07, 6.45) is 0.706. The van der Waals surface area contributed by atoms with Crippen LogP contribution in [0, 0.1) is 0 Å². The quantitative estimate of drug-likeness (QED) is 0.744. The fourth-order valence-electron chi connectivity index (χ4n) is 1.50. The molecule has 0 bridgehead atoms. The van der Waals surface area contributed by atoms with Gasteiger partial charge in [-0.05, 0) is 23.6 Å². The third-order valence-corrected chi connectivity index (χ3v) is 2.48. The van der Waals surface area contributed by atoms with E-state index in [0.717, 1.165) is 5.56 Å². The van der Waals surface area contributed by atoms with Crippen LogP contribution in [-0.4, -0.2) is 27.2 Å². The molecule has 0 radical (unpaired) electrons. The molecule has 0 unspecified atom stereocenters. The Labute approximate surface area is 95.6 Å². The van der Waals surface area contributed by atoms with Gasteiger partial charge in [-0.1, -0.05) is 13.0 Å². The highest BCUT2D eigenvalue weighted by molar-refractivity contribution is 5.47. The summed E-state index contributed by atoms with van der Waals surface area (Å²) in [5.74, 6) is 1.66. The van der Waals surface area contributed by atoms with Crippen LogP contribution in [0.5, 0.6) is 11.5 Å². The molecule has 0 fully saturated rings. The van der Waals surface area contributed by atoms with Gasteiger partial charge in [0.1, 0.15) is 0 Å². The Hall–Kier alpha value is -1.71. The van der Waals surface area contributed by atoms with Crippen molar-refractivity contribution in [1.29, 1.82) is 0 Å². The second-order valence-corrected chi connectivity index (χ2v) is 3.54. The van der Waals surface area contributed by atoms with Crippen LogP contribution in [0.1, 0.15) is 18.4 Å². The molecule has 88 valence electrons. The summed E-state index contributed by atoms with van der Waals surface area (Å²) < 4.78 is 10.4. The zero-order valence-corrected chi connectivity index (χ0v) is 9.82. The predicted molar refractivity (Wildman–Crippen MR) is 62.0 cm³/mol. The lowest BCUT2D eigenvalue weighted by atomic mass is 10.0. The molecule has 0 aliphatic heterocycles. The van der Waals surface area contributed by atoms with Crippen molar-refractivity contribution in [2.75, 3.05) is 20.8 Å². The van der Waals surface area contributed by atoms with Gasteiger partial charge in [0, 0.05) is 6.54 Å². The van der Waals surface area contributed by atoms with Gasteiger partial charge in [0.2, 0.25) is 6.41 Å². The first kappa shape index (κ1) is 12.4. The van der Waals surface area contributed by atoms with Crippen LogP contribution in [0.15, 0.2) is 18.2 Å². The van der Waals surface area contributed by atoms with Crippen molar-refractivity contribution in [3.63, 3.8) is 0 Å². The van der Waals surface area contributed by atoms with Gasteiger partial charge in [-0.2, -0.15) is 0 Å². The third-order valence-electron chi connectivity index (χ3n) is 2.48. The Bertz CT molecular complexity index is 352. The minimum atomic E-state index is 0.241. The summed E-state index contributed by atoms with van der Waals surface area (Å²) in [5, 5.41) is 2.66. The fourth-order valence-corrected chi connectivity index (χ4v) is 1.50. The number of methoxy groups -OCH3 is 2. The van der Waals surface area contributed by atoms with Gasteiger partial charge >= 0.3 is 0 Å². The predicted octanol–water partition coefficient (Wildman–Crippen LogP) is 1.55. The molecule has 0 spiro atoms. The van der Waals surface area contributed by atoms with Crippen molar-refractivity contribution in [3.8, 4) is 11.5 Å². The maximum atomic E-state index is 10.2. The lowest BCUT2D eigenvalue weighted by molar-refractivity contribution is -0.109. The maximum absolute atomic E-state index is 10.2. The van der Waals surface area contributed by atoms with Crippen LogP contribution in [0.2, 0.25) is 0 Å². The zero-order chi connectivity index (χ0) is 12.0. The van der Waals surface area contributed by atoms with Crippen LogP contribution in [0.25, 0.3) is 0 Å². The lowest BCUT2D eigenvalue weighted by Crippen LogP contribution is -2.17. The minimum absolute atomic E-state index is 0.241. The van der Waals surface area contributed by atoms with E-state index in [1.165, 1.54) is 0 Å². The molecule has 0 saturated heterocycles. The van der Waals surface area contributed by atoms with Gasteiger partial charge in [-0.3, -0.25) is 4.79 Å². The second kappa shape index (κ2) is 6.00. The highest BCUT2D eigenvalue weighted by Crippen LogP contribution is 2.30. The number of carbonyl (C=O) groups excluding carboxylic acids is 1. The second-order valence-electron chi connectivity index (χ2n) is 3.54. The SMILES string of the molecule is COc1ccc([C@H](C)CNC=O)cc1OC. The van der Waals surface area contributed by atoms with Crippen molar-refractivity contribution in [2.24, 2.45) is 0 Å². The Kier molecular flexibility index (Phi) is 4.64. The monoisotopic (exact) mass is 223 g/mol. The number of hydrogen-bond acceptors (Lipinski definition) is 3. The Morgan fingerprint density at radius 1 is 1.31 bits per heavy atom. The Morgan fingerprint density at radius 2 is 2.00 bits per heavy atom. The average molecular weight is 223 g/mol. The molecule has 1 N–H and O–H groups in total. The summed E-state index contributed by atoms with van der Waals surface area (Å²) in [5.41, 5.74) is 1.10. The molecule has 1 amide bonds. The number of rotatable bonds is 6. The molecule has 0 aliphatic rings. The normalized spacial score (nSPS) is 11.7. The minimum Gasteiger partial charge on any atom is -0.493 e. The first-order chi connectivity index (χ1) is 7.72. The molecule has 0 aromatic heterocycles. The van der Waals surface area contributed by atoms with Crippen LogP contribution < -0.4 is 14.8 Å². The van der Waals surface area contributed by atoms with E-state index in [1.54, 1.807) is 14.2 Å². The average Bonchev–Trinajstić information content (AvgIpc) is 2.34. The number of hydrogen-bond donors (Lipinski definition) is 1. The van der Waals surface area contributed by atoms with E-state index in [4.69, 9.17) is 9.47 Å². The van der Waals surface area contributed by atoms with E-state index in [2.05, 4.69) is 5.32 Å². The zero-order valence-electron chi connectivity index (χ0n) is 9.82. The van der Waals surface area contributed by atoms with Crippen LogP contribution in [0.4, 0.5) is 0 Å². The van der Waals surface area contributed by atoms with Gasteiger partial charge in [0.25, 0.3) is 0 Å². The third kappa shape index (κ3) is 2.89. The molecule has 0 saturated carbocycles. The van der Waals surface area contributed by atoms with Gasteiger partial charge in [0.15, 0.2) is 11.5 Å². The summed E-state index contributed by atoms with van der Waals surface area (Å²) in [4.78, 5) is 10.2. The molecule has 1 aromatic rings. The molecular formula is C12H17NO3. The van der Waals surface area contributed by atoms with Crippen LogP contribution in [0.3, 0.4) is 0 Å². The smallest absolute Gasteiger partial charge is 0.207 e. The number of benzene rings is 1.